The first-order valence-corrected chi connectivity index (χ1v) is 12.1. The predicted octanol–water partition coefficient (Wildman–Crippen LogP) is 3.65. The van der Waals surface area contributed by atoms with Gasteiger partial charge in [0, 0.05) is 37.3 Å². The highest BCUT2D eigenvalue weighted by atomic mass is 16.5. The molecule has 0 spiro atoms. The van der Waals surface area contributed by atoms with Gasteiger partial charge in [0.1, 0.15) is 24.0 Å². The second-order valence-corrected chi connectivity index (χ2v) is 9.27. The third-order valence-electron chi connectivity index (χ3n) is 6.54. The van der Waals surface area contributed by atoms with Crippen LogP contribution in [0.1, 0.15) is 55.9 Å². The SMILES string of the molecule is Cc1nc(-n2cncn2)ccc1Nc1nccn2c(C3CCN(c4nc(C(C)C)no4)CC3)ncc12. The van der Waals surface area contributed by atoms with E-state index in [-0.39, 0.29) is 5.92 Å². The summed E-state index contributed by atoms with van der Waals surface area (Å²) in [5.41, 5.74) is 2.63. The second-order valence-electron chi connectivity index (χ2n) is 9.27. The number of rotatable bonds is 6. The van der Waals surface area contributed by atoms with Crippen LogP contribution in [0.15, 0.2) is 47.9 Å². The minimum atomic E-state index is 0.249. The summed E-state index contributed by atoms with van der Waals surface area (Å²) in [4.78, 5) is 24.7. The van der Waals surface area contributed by atoms with Crippen molar-refractivity contribution in [1.82, 2.24) is 44.3 Å². The molecule has 0 radical (unpaired) electrons. The Labute approximate surface area is 207 Å². The van der Waals surface area contributed by atoms with E-state index < -0.39 is 0 Å². The first kappa shape index (κ1) is 22.1. The van der Waals surface area contributed by atoms with Gasteiger partial charge in [-0.05, 0) is 31.9 Å². The normalized spacial score (nSPS) is 14.7. The number of fused-ring (bicyclic) bond motifs is 1. The largest absolute Gasteiger partial charge is 0.337 e. The standard InChI is InChI=1S/C24H27N11O/c1-15(2)21-31-24(36-32-21)33-9-6-17(7-10-33)23-27-12-19-22(26-8-11-34(19)23)30-18-4-5-20(29-16(18)3)35-14-25-13-28-35/h4-5,8,11-15,17H,6-7,9-10H2,1-3H3,(H,26,30). The zero-order chi connectivity index (χ0) is 24.6. The Hall–Kier alpha value is -4.35. The zero-order valence-electron chi connectivity index (χ0n) is 20.4. The summed E-state index contributed by atoms with van der Waals surface area (Å²) in [5.74, 6) is 3.81. The average Bonchev–Trinajstić information content (AvgIpc) is 3.66. The summed E-state index contributed by atoms with van der Waals surface area (Å²) in [6.45, 7) is 7.77. The van der Waals surface area contributed by atoms with E-state index in [1.54, 1.807) is 17.2 Å². The van der Waals surface area contributed by atoms with E-state index in [1.807, 2.05) is 31.5 Å². The van der Waals surface area contributed by atoms with Crippen LogP contribution in [0.3, 0.4) is 0 Å². The highest BCUT2D eigenvalue weighted by molar-refractivity contribution is 5.74. The van der Waals surface area contributed by atoms with Gasteiger partial charge >= 0.3 is 6.01 Å². The smallest absolute Gasteiger partial charge is 0.324 e. The van der Waals surface area contributed by atoms with Gasteiger partial charge in [-0.1, -0.05) is 19.0 Å². The number of hydrogen-bond acceptors (Lipinski definition) is 10. The first-order valence-electron chi connectivity index (χ1n) is 12.1. The number of hydrogen-bond donors (Lipinski definition) is 1. The molecule has 1 N–H and O–H groups in total. The molecule has 12 heteroatoms. The fraction of sp³-hybridized carbons (Fsp3) is 0.375. The summed E-state index contributed by atoms with van der Waals surface area (Å²) in [5, 5.41) is 11.7. The van der Waals surface area contributed by atoms with Gasteiger partial charge in [-0.15, -0.1) is 0 Å². The number of aryl methyl sites for hydroxylation is 1. The topological polar surface area (TPSA) is 128 Å². The van der Waals surface area contributed by atoms with Crippen molar-refractivity contribution in [2.75, 3.05) is 23.3 Å². The van der Waals surface area contributed by atoms with Gasteiger partial charge < -0.3 is 14.7 Å². The van der Waals surface area contributed by atoms with Crippen molar-refractivity contribution in [1.29, 1.82) is 0 Å². The predicted molar refractivity (Wildman–Crippen MR) is 133 cm³/mol. The lowest BCUT2D eigenvalue weighted by atomic mass is 9.96. The van der Waals surface area contributed by atoms with Crippen molar-refractivity contribution in [2.24, 2.45) is 0 Å². The Kier molecular flexibility index (Phi) is 5.55. The van der Waals surface area contributed by atoms with Gasteiger partial charge in [-0.3, -0.25) is 4.40 Å². The van der Waals surface area contributed by atoms with Crippen molar-refractivity contribution in [3.63, 3.8) is 0 Å². The Morgan fingerprint density at radius 2 is 1.97 bits per heavy atom. The van der Waals surface area contributed by atoms with E-state index in [0.29, 0.717) is 17.8 Å². The van der Waals surface area contributed by atoms with Crippen LogP contribution in [-0.2, 0) is 0 Å². The van der Waals surface area contributed by atoms with Crippen LogP contribution < -0.4 is 10.2 Å². The maximum absolute atomic E-state index is 5.49. The second kappa shape index (κ2) is 9.02. The summed E-state index contributed by atoms with van der Waals surface area (Å²) >= 11 is 0. The third kappa shape index (κ3) is 4.04. The molecule has 0 unspecified atom stereocenters. The highest BCUT2D eigenvalue weighted by Gasteiger charge is 2.27. The van der Waals surface area contributed by atoms with Gasteiger partial charge in [0.2, 0.25) is 0 Å². The molecule has 1 saturated heterocycles. The molecule has 0 aliphatic carbocycles. The molecular weight excluding hydrogens is 458 g/mol. The van der Waals surface area contributed by atoms with Crippen LogP contribution in [0.25, 0.3) is 11.3 Å². The molecule has 1 aliphatic heterocycles. The van der Waals surface area contributed by atoms with E-state index in [9.17, 15) is 0 Å². The number of aromatic nitrogens is 9. The summed E-state index contributed by atoms with van der Waals surface area (Å²) in [6, 6.07) is 4.48. The fourth-order valence-electron chi connectivity index (χ4n) is 4.53. The Bertz CT molecular complexity index is 1480. The average molecular weight is 486 g/mol. The minimum absolute atomic E-state index is 0.249. The maximum Gasteiger partial charge on any atom is 0.324 e. The molecule has 0 atom stereocenters. The van der Waals surface area contributed by atoms with Crippen molar-refractivity contribution < 1.29 is 4.52 Å². The molecule has 12 nitrogen and oxygen atoms in total. The van der Waals surface area contributed by atoms with Crippen molar-refractivity contribution in [2.45, 2.75) is 45.4 Å². The summed E-state index contributed by atoms with van der Waals surface area (Å²) in [6.07, 6.45) is 10.7. The molecule has 5 aromatic rings. The molecule has 6 rings (SSSR count). The van der Waals surface area contributed by atoms with Crippen LogP contribution >= 0.6 is 0 Å². The number of nitrogens with zero attached hydrogens (tertiary/aromatic N) is 10. The van der Waals surface area contributed by atoms with Gasteiger partial charge in [0.05, 0.1) is 17.6 Å². The van der Waals surface area contributed by atoms with Gasteiger partial charge in [0.25, 0.3) is 0 Å². The first-order chi connectivity index (χ1) is 17.6. The minimum Gasteiger partial charge on any atom is -0.337 e. The monoisotopic (exact) mass is 485 g/mol. The maximum atomic E-state index is 5.49. The zero-order valence-corrected chi connectivity index (χ0v) is 20.4. The van der Waals surface area contributed by atoms with Gasteiger partial charge in [-0.25, -0.2) is 24.6 Å². The van der Waals surface area contributed by atoms with Gasteiger partial charge in [-0.2, -0.15) is 10.1 Å². The number of imidazole rings is 1. The Morgan fingerprint density at radius 3 is 2.69 bits per heavy atom. The van der Waals surface area contributed by atoms with E-state index >= 15 is 0 Å². The number of nitrogens with one attached hydrogen (secondary N) is 1. The fourth-order valence-corrected chi connectivity index (χ4v) is 4.53. The molecule has 1 aliphatic rings. The van der Waals surface area contributed by atoms with Crippen molar-refractivity contribution >= 4 is 23.0 Å². The van der Waals surface area contributed by atoms with E-state index in [4.69, 9.17) is 9.51 Å². The molecular formula is C24H27N11O. The molecule has 184 valence electrons. The van der Waals surface area contributed by atoms with Crippen molar-refractivity contribution in [3.05, 3.63) is 60.7 Å². The molecule has 0 aromatic carbocycles. The lowest BCUT2D eigenvalue weighted by Gasteiger charge is -2.29. The van der Waals surface area contributed by atoms with Crippen LogP contribution in [0, 0.1) is 6.92 Å². The lowest BCUT2D eigenvalue weighted by Crippen LogP contribution is -2.33. The van der Waals surface area contributed by atoms with E-state index in [1.165, 1.54) is 6.33 Å². The quantitative estimate of drug-likeness (QED) is 0.380. The van der Waals surface area contributed by atoms with Gasteiger partial charge in [0.15, 0.2) is 17.5 Å². The molecule has 0 saturated carbocycles. The highest BCUT2D eigenvalue weighted by Crippen LogP contribution is 2.32. The third-order valence-corrected chi connectivity index (χ3v) is 6.54. The van der Waals surface area contributed by atoms with Crippen LogP contribution in [0.5, 0.6) is 0 Å². The summed E-state index contributed by atoms with van der Waals surface area (Å²) < 4.78 is 9.25. The molecule has 36 heavy (non-hydrogen) atoms. The number of pyridine rings is 1. The van der Waals surface area contributed by atoms with Crippen LogP contribution in [0.4, 0.5) is 17.5 Å². The van der Waals surface area contributed by atoms with E-state index in [0.717, 1.165) is 60.3 Å². The molecule has 0 amide bonds. The van der Waals surface area contributed by atoms with Crippen LogP contribution in [0.2, 0.25) is 0 Å². The Balaban J connectivity index is 1.19. The summed E-state index contributed by atoms with van der Waals surface area (Å²) in [7, 11) is 0. The van der Waals surface area contributed by atoms with Crippen LogP contribution in [-0.4, -0.2) is 57.3 Å². The van der Waals surface area contributed by atoms with E-state index in [2.05, 4.69) is 58.7 Å². The van der Waals surface area contributed by atoms with Crippen molar-refractivity contribution in [3.8, 4) is 5.82 Å². The number of piperidine rings is 1. The molecule has 5 aromatic heterocycles. The molecule has 0 bridgehead atoms. The Morgan fingerprint density at radius 1 is 1.11 bits per heavy atom. The molecule has 1 fully saturated rings. The lowest BCUT2D eigenvalue weighted by molar-refractivity contribution is 0.384. The number of anilines is 3. The molecule has 6 heterocycles.